The van der Waals surface area contributed by atoms with Crippen LogP contribution in [0.4, 0.5) is 0 Å². The molecule has 0 fully saturated rings. The van der Waals surface area contributed by atoms with Crippen LogP contribution in [-0.2, 0) is 19.5 Å². The van der Waals surface area contributed by atoms with Crippen LogP contribution >= 0.6 is 11.3 Å². The van der Waals surface area contributed by atoms with Gasteiger partial charge in [0.1, 0.15) is 10.7 Å². The summed E-state index contributed by atoms with van der Waals surface area (Å²) in [6.07, 6.45) is 2.76. The first-order valence-corrected chi connectivity index (χ1v) is 13.6. The standard InChI is InChI=1S/C29H39N3O3S/c1-6-15-32(16-7-2)29(33)25-21-36-28(30-25)20-31(19-24-10-8-22(3)9-11-24)17-14-23-12-13-26(34-4)27(18-23)35-5/h8-13,18,21H,6-7,14-17,19-20H2,1-5H3. The second kappa shape index (κ2) is 14.0. The molecule has 0 saturated carbocycles. The highest BCUT2D eigenvalue weighted by molar-refractivity contribution is 7.09. The van der Waals surface area contributed by atoms with Crippen molar-refractivity contribution in [3.63, 3.8) is 0 Å². The summed E-state index contributed by atoms with van der Waals surface area (Å²) in [4.78, 5) is 22.1. The van der Waals surface area contributed by atoms with Crippen LogP contribution in [0.3, 0.4) is 0 Å². The van der Waals surface area contributed by atoms with E-state index < -0.39 is 0 Å². The minimum atomic E-state index is 0.0385. The normalized spacial score (nSPS) is 11.1. The molecular formula is C29H39N3O3S. The Balaban J connectivity index is 1.74. The monoisotopic (exact) mass is 509 g/mol. The number of hydrogen-bond donors (Lipinski definition) is 0. The second-order valence-corrected chi connectivity index (χ2v) is 10.00. The Morgan fingerprint density at radius 3 is 2.19 bits per heavy atom. The molecule has 0 unspecified atom stereocenters. The van der Waals surface area contributed by atoms with Gasteiger partial charge in [-0.05, 0) is 49.4 Å². The highest BCUT2D eigenvalue weighted by atomic mass is 32.1. The number of aryl methyl sites for hydroxylation is 1. The quantitative estimate of drug-likeness (QED) is 0.268. The molecule has 194 valence electrons. The van der Waals surface area contributed by atoms with Crippen molar-refractivity contribution in [2.45, 2.75) is 53.1 Å². The van der Waals surface area contributed by atoms with Gasteiger partial charge in [0, 0.05) is 31.6 Å². The van der Waals surface area contributed by atoms with E-state index in [4.69, 9.17) is 14.5 Å². The lowest BCUT2D eigenvalue weighted by atomic mass is 10.1. The molecule has 0 radical (unpaired) electrons. The first kappa shape index (κ1) is 27.7. The first-order valence-electron chi connectivity index (χ1n) is 12.7. The van der Waals surface area contributed by atoms with E-state index in [1.807, 2.05) is 22.4 Å². The number of rotatable bonds is 14. The number of aromatic nitrogens is 1. The van der Waals surface area contributed by atoms with Gasteiger partial charge in [-0.1, -0.05) is 49.7 Å². The van der Waals surface area contributed by atoms with Gasteiger partial charge in [0.25, 0.3) is 5.91 Å². The van der Waals surface area contributed by atoms with Crippen molar-refractivity contribution in [1.29, 1.82) is 0 Å². The average molecular weight is 510 g/mol. The smallest absolute Gasteiger partial charge is 0.273 e. The number of amides is 1. The molecule has 1 aromatic heterocycles. The van der Waals surface area contributed by atoms with Gasteiger partial charge in [0.15, 0.2) is 11.5 Å². The Labute approximate surface area is 219 Å². The molecule has 0 atom stereocenters. The lowest BCUT2D eigenvalue weighted by molar-refractivity contribution is 0.0750. The fraction of sp³-hybridized carbons (Fsp3) is 0.448. The van der Waals surface area contributed by atoms with Crippen LogP contribution in [0.1, 0.15) is 58.9 Å². The highest BCUT2D eigenvalue weighted by Gasteiger charge is 2.19. The molecule has 1 heterocycles. The molecule has 0 aliphatic rings. The third-order valence-electron chi connectivity index (χ3n) is 6.10. The van der Waals surface area contributed by atoms with Gasteiger partial charge in [0.2, 0.25) is 0 Å². The zero-order valence-corrected chi connectivity index (χ0v) is 23.1. The Morgan fingerprint density at radius 1 is 0.889 bits per heavy atom. The zero-order chi connectivity index (χ0) is 25.9. The summed E-state index contributed by atoms with van der Waals surface area (Å²) in [6, 6.07) is 14.7. The highest BCUT2D eigenvalue weighted by Crippen LogP contribution is 2.28. The van der Waals surface area contributed by atoms with Crippen molar-refractivity contribution in [2.75, 3.05) is 33.9 Å². The van der Waals surface area contributed by atoms with E-state index in [-0.39, 0.29) is 5.91 Å². The predicted molar refractivity (Wildman–Crippen MR) is 147 cm³/mol. The minimum absolute atomic E-state index is 0.0385. The van der Waals surface area contributed by atoms with E-state index in [0.717, 1.165) is 61.9 Å². The molecule has 0 aliphatic heterocycles. The van der Waals surface area contributed by atoms with E-state index in [9.17, 15) is 4.79 Å². The number of methoxy groups -OCH3 is 2. The third-order valence-corrected chi connectivity index (χ3v) is 6.93. The number of carbonyl (C=O) groups is 1. The van der Waals surface area contributed by atoms with Gasteiger partial charge < -0.3 is 14.4 Å². The van der Waals surface area contributed by atoms with Crippen molar-refractivity contribution < 1.29 is 14.3 Å². The van der Waals surface area contributed by atoms with Crippen LogP contribution in [0.5, 0.6) is 11.5 Å². The Bertz CT molecular complexity index is 1090. The molecule has 0 saturated heterocycles. The summed E-state index contributed by atoms with van der Waals surface area (Å²) >= 11 is 1.57. The van der Waals surface area contributed by atoms with Gasteiger partial charge in [-0.2, -0.15) is 0 Å². The van der Waals surface area contributed by atoms with Crippen LogP contribution in [0.15, 0.2) is 47.8 Å². The summed E-state index contributed by atoms with van der Waals surface area (Å²) < 4.78 is 10.9. The molecular weight excluding hydrogens is 470 g/mol. The topological polar surface area (TPSA) is 54.9 Å². The Morgan fingerprint density at radius 2 is 1.56 bits per heavy atom. The van der Waals surface area contributed by atoms with Crippen molar-refractivity contribution in [3.8, 4) is 11.5 Å². The minimum Gasteiger partial charge on any atom is -0.493 e. The van der Waals surface area contributed by atoms with Crippen LogP contribution < -0.4 is 9.47 Å². The molecule has 3 rings (SSSR count). The van der Waals surface area contributed by atoms with E-state index in [1.54, 1.807) is 25.6 Å². The lowest BCUT2D eigenvalue weighted by Crippen LogP contribution is -2.32. The fourth-order valence-electron chi connectivity index (χ4n) is 4.18. The summed E-state index contributed by atoms with van der Waals surface area (Å²) in [7, 11) is 3.31. The van der Waals surface area contributed by atoms with Crippen LogP contribution in [-0.4, -0.2) is 54.5 Å². The van der Waals surface area contributed by atoms with E-state index in [0.29, 0.717) is 12.2 Å². The summed E-state index contributed by atoms with van der Waals surface area (Å²) in [6.45, 7) is 10.2. The molecule has 0 spiro atoms. The first-order chi connectivity index (χ1) is 17.5. The third kappa shape index (κ3) is 7.80. The average Bonchev–Trinajstić information content (AvgIpc) is 3.36. The van der Waals surface area contributed by atoms with Crippen molar-refractivity contribution in [1.82, 2.24) is 14.8 Å². The largest absolute Gasteiger partial charge is 0.493 e. The van der Waals surface area contributed by atoms with Gasteiger partial charge in [-0.15, -0.1) is 11.3 Å². The van der Waals surface area contributed by atoms with Crippen molar-refractivity contribution in [3.05, 3.63) is 75.2 Å². The van der Waals surface area contributed by atoms with Gasteiger partial charge in [0.05, 0.1) is 20.8 Å². The summed E-state index contributed by atoms with van der Waals surface area (Å²) in [5, 5.41) is 2.87. The molecule has 0 aliphatic carbocycles. The summed E-state index contributed by atoms with van der Waals surface area (Å²) in [5.74, 6) is 1.52. The predicted octanol–water partition coefficient (Wildman–Crippen LogP) is 5.98. The molecule has 0 N–H and O–H groups in total. The van der Waals surface area contributed by atoms with Gasteiger partial charge in [-0.25, -0.2) is 4.98 Å². The molecule has 6 nitrogen and oxygen atoms in total. The fourth-order valence-corrected chi connectivity index (χ4v) is 4.99. The van der Waals surface area contributed by atoms with Crippen LogP contribution in [0.25, 0.3) is 0 Å². The Kier molecular flexibility index (Phi) is 10.8. The molecule has 7 heteroatoms. The zero-order valence-electron chi connectivity index (χ0n) is 22.3. The maximum atomic E-state index is 13.0. The maximum Gasteiger partial charge on any atom is 0.273 e. The number of benzene rings is 2. The van der Waals surface area contributed by atoms with E-state index in [2.05, 4.69) is 56.0 Å². The molecule has 1 amide bonds. The van der Waals surface area contributed by atoms with Crippen LogP contribution in [0.2, 0.25) is 0 Å². The van der Waals surface area contributed by atoms with E-state index >= 15 is 0 Å². The number of nitrogens with zero attached hydrogens (tertiary/aromatic N) is 3. The SMILES string of the molecule is CCCN(CCC)C(=O)c1csc(CN(CCc2ccc(OC)c(OC)c2)Cc2ccc(C)cc2)n1. The number of hydrogen-bond acceptors (Lipinski definition) is 6. The number of carbonyl (C=O) groups excluding carboxylic acids is 1. The van der Waals surface area contributed by atoms with Crippen molar-refractivity contribution in [2.24, 2.45) is 0 Å². The van der Waals surface area contributed by atoms with Crippen molar-refractivity contribution >= 4 is 17.2 Å². The molecule has 0 bridgehead atoms. The summed E-state index contributed by atoms with van der Waals surface area (Å²) in [5.41, 5.74) is 4.26. The Hall–Kier alpha value is -2.90. The maximum absolute atomic E-state index is 13.0. The number of thiazole rings is 1. The molecule has 3 aromatic rings. The van der Waals surface area contributed by atoms with Crippen LogP contribution in [0, 0.1) is 6.92 Å². The van der Waals surface area contributed by atoms with Gasteiger partial charge >= 0.3 is 0 Å². The second-order valence-electron chi connectivity index (χ2n) is 9.05. The molecule has 36 heavy (non-hydrogen) atoms. The van der Waals surface area contributed by atoms with Gasteiger partial charge in [-0.3, -0.25) is 9.69 Å². The lowest BCUT2D eigenvalue weighted by Gasteiger charge is -2.22. The molecule has 2 aromatic carbocycles. The van der Waals surface area contributed by atoms with E-state index in [1.165, 1.54) is 16.7 Å². The number of ether oxygens (including phenoxy) is 2.